The summed E-state index contributed by atoms with van der Waals surface area (Å²) in [5.74, 6) is 2.33. The van der Waals surface area contributed by atoms with Crippen molar-refractivity contribution in [2.45, 2.75) is 43.7 Å². The maximum absolute atomic E-state index is 10.8. The Kier molecular flexibility index (Phi) is 3.04. The average Bonchev–Trinajstić information content (AvgIpc) is 2.99. The number of rotatable bonds is 4. The number of nitrogens with zero attached hydrogens (tertiary/aromatic N) is 4. The van der Waals surface area contributed by atoms with E-state index in [2.05, 4.69) is 25.3 Å². The Labute approximate surface area is 122 Å². The number of aromatic nitrogens is 4. The van der Waals surface area contributed by atoms with Gasteiger partial charge in [0.1, 0.15) is 17.1 Å². The summed E-state index contributed by atoms with van der Waals surface area (Å²) in [4.78, 5) is 6.53. The summed E-state index contributed by atoms with van der Waals surface area (Å²) in [6, 6.07) is 0. The van der Waals surface area contributed by atoms with Crippen LogP contribution < -0.4 is 0 Å². The first-order valence-electron chi connectivity index (χ1n) is 7.48. The summed E-state index contributed by atoms with van der Waals surface area (Å²) < 4.78 is 5.80. The maximum Gasteiger partial charge on any atom is 0.208 e. The number of H-pyrrole nitrogens is 1. The van der Waals surface area contributed by atoms with Gasteiger partial charge in [-0.2, -0.15) is 15.4 Å². The summed E-state index contributed by atoms with van der Waals surface area (Å²) >= 11 is 0. The Morgan fingerprint density at radius 3 is 3.10 bits per heavy atom. The second kappa shape index (κ2) is 4.92. The van der Waals surface area contributed by atoms with E-state index in [1.807, 2.05) is 6.20 Å². The van der Waals surface area contributed by atoms with Crippen LogP contribution in [-0.2, 0) is 12.1 Å². The molecular formula is C14H19N5O2. The summed E-state index contributed by atoms with van der Waals surface area (Å²) in [5, 5.41) is 21.2. The fraction of sp³-hybridized carbons (Fsp3) is 0.643. The smallest absolute Gasteiger partial charge is 0.208 e. The molecule has 2 N–H and O–H groups in total. The Balaban J connectivity index is 1.45. The van der Waals surface area contributed by atoms with Gasteiger partial charge < -0.3 is 9.52 Å². The first kappa shape index (κ1) is 13.0. The zero-order chi connectivity index (χ0) is 14.3. The minimum Gasteiger partial charge on any atom is -0.444 e. The molecule has 0 unspecified atom stereocenters. The molecule has 1 saturated heterocycles. The normalized spacial score (nSPS) is 27.1. The van der Waals surface area contributed by atoms with Crippen molar-refractivity contribution in [2.24, 2.45) is 0 Å². The van der Waals surface area contributed by atoms with Crippen molar-refractivity contribution in [2.75, 3.05) is 13.1 Å². The molecule has 7 nitrogen and oxygen atoms in total. The third kappa shape index (κ3) is 2.58. The van der Waals surface area contributed by atoms with Crippen molar-refractivity contribution in [1.82, 2.24) is 25.3 Å². The van der Waals surface area contributed by atoms with Gasteiger partial charge in [0.05, 0.1) is 18.9 Å². The number of oxazole rings is 1. The van der Waals surface area contributed by atoms with Crippen LogP contribution >= 0.6 is 0 Å². The van der Waals surface area contributed by atoms with Crippen LogP contribution in [0.5, 0.6) is 0 Å². The van der Waals surface area contributed by atoms with Crippen molar-refractivity contribution in [1.29, 1.82) is 0 Å². The lowest BCUT2D eigenvalue weighted by Crippen LogP contribution is -2.46. The Morgan fingerprint density at radius 1 is 1.43 bits per heavy atom. The zero-order valence-corrected chi connectivity index (χ0v) is 11.8. The molecule has 21 heavy (non-hydrogen) atoms. The molecule has 1 aliphatic carbocycles. The third-order valence-electron chi connectivity index (χ3n) is 4.35. The van der Waals surface area contributed by atoms with Gasteiger partial charge in [-0.15, -0.1) is 0 Å². The fourth-order valence-corrected chi connectivity index (χ4v) is 3.04. The van der Waals surface area contributed by atoms with Crippen LogP contribution in [-0.4, -0.2) is 43.5 Å². The van der Waals surface area contributed by atoms with E-state index in [4.69, 9.17) is 4.42 Å². The molecule has 7 heteroatoms. The van der Waals surface area contributed by atoms with E-state index in [1.54, 1.807) is 6.20 Å². The Morgan fingerprint density at radius 2 is 2.33 bits per heavy atom. The molecule has 2 aromatic rings. The van der Waals surface area contributed by atoms with Gasteiger partial charge in [-0.1, -0.05) is 0 Å². The fourth-order valence-electron chi connectivity index (χ4n) is 3.04. The van der Waals surface area contributed by atoms with Gasteiger partial charge in [-0.25, -0.2) is 4.98 Å². The lowest BCUT2D eigenvalue weighted by atomic mass is 9.90. The van der Waals surface area contributed by atoms with E-state index in [0.29, 0.717) is 31.1 Å². The Hall–Kier alpha value is -1.73. The molecule has 1 aliphatic heterocycles. The molecule has 2 aromatic heterocycles. The minimum absolute atomic E-state index is 0.528. The highest BCUT2D eigenvalue weighted by molar-refractivity contribution is 5.10. The van der Waals surface area contributed by atoms with E-state index in [1.165, 1.54) is 12.8 Å². The lowest BCUT2D eigenvalue weighted by molar-refractivity contribution is -0.0433. The monoisotopic (exact) mass is 289 g/mol. The van der Waals surface area contributed by atoms with Gasteiger partial charge >= 0.3 is 0 Å². The van der Waals surface area contributed by atoms with Crippen molar-refractivity contribution >= 4 is 0 Å². The van der Waals surface area contributed by atoms with Crippen LogP contribution in [0, 0.1) is 0 Å². The predicted octanol–water partition coefficient (Wildman–Crippen LogP) is 1.15. The van der Waals surface area contributed by atoms with Gasteiger partial charge in [0.2, 0.25) is 5.89 Å². The van der Waals surface area contributed by atoms with Crippen LogP contribution in [0.2, 0.25) is 0 Å². The molecule has 1 atom stereocenters. The number of hydrogen-bond acceptors (Lipinski definition) is 6. The van der Waals surface area contributed by atoms with Crippen LogP contribution in [0.3, 0.4) is 0 Å². The van der Waals surface area contributed by atoms with Crippen LogP contribution in [0.15, 0.2) is 16.8 Å². The van der Waals surface area contributed by atoms with Crippen molar-refractivity contribution < 1.29 is 9.52 Å². The molecule has 3 heterocycles. The van der Waals surface area contributed by atoms with E-state index < -0.39 is 5.60 Å². The number of likely N-dealkylation sites (tertiary alicyclic amines) is 1. The maximum atomic E-state index is 10.8. The van der Waals surface area contributed by atoms with E-state index in [-0.39, 0.29) is 0 Å². The van der Waals surface area contributed by atoms with Crippen molar-refractivity contribution in [3.8, 4) is 0 Å². The van der Waals surface area contributed by atoms with Gasteiger partial charge in [0.15, 0.2) is 0 Å². The highest BCUT2D eigenvalue weighted by Crippen LogP contribution is 2.40. The second-order valence-corrected chi connectivity index (χ2v) is 6.13. The molecular weight excluding hydrogens is 270 g/mol. The van der Waals surface area contributed by atoms with Crippen molar-refractivity contribution in [3.63, 3.8) is 0 Å². The SMILES string of the molecule is O[C@@]1(c2cn[nH]n2)CCCN(Cc2ncc(C3CC3)o2)C1. The standard InChI is InChI=1S/C14H19N5O2/c20-14(12-7-16-18-17-12)4-1-5-19(9-14)8-13-15-6-11(21-13)10-2-3-10/h6-7,10,20H,1-5,8-9H2,(H,16,17,18)/t14-/m0/s1. The molecule has 0 aromatic carbocycles. The van der Waals surface area contributed by atoms with Crippen molar-refractivity contribution in [3.05, 3.63) is 29.7 Å². The third-order valence-corrected chi connectivity index (χ3v) is 4.35. The largest absolute Gasteiger partial charge is 0.444 e. The minimum atomic E-state index is -0.933. The van der Waals surface area contributed by atoms with Gasteiger partial charge in [0, 0.05) is 12.5 Å². The number of aromatic amines is 1. The summed E-state index contributed by atoms with van der Waals surface area (Å²) in [6.45, 7) is 2.09. The van der Waals surface area contributed by atoms with E-state index in [0.717, 1.165) is 24.6 Å². The van der Waals surface area contributed by atoms with Gasteiger partial charge in [-0.05, 0) is 32.2 Å². The molecule has 2 aliphatic rings. The van der Waals surface area contributed by atoms with Crippen LogP contribution in [0.25, 0.3) is 0 Å². The molecule has 2 fully saturated rings. The number of aliphatic hydroxyl groups is 1. The molecule has 0 spiro atoms. The number of hydrogen-bond donors (Lipinski definition) is 2. The molecule has 0 bridgehead atoms. The quantitative estimate of drug-likeness (QED) is 0.877. The first-order valence-corrected chi connectivity index (χ1v) is 7.48. The molecule has 0 amide bonds. The van der Waals surface area contributed by atoms with Gasteiger partial charge in [0.25, 0.3) is 0 Å². The Bertz CT molecular complexity index is 607. The molecule has 4 rings (SSSR count). The molecule has 1 saturated carbocycles. The molecule has 112 valence electrons. The summed E-state index contributed by atoms with van der Waals surface area (Å²) in [7, 11) is 0. The predicted molar refractivity (Wildman–Crippen MR) is 73.3 cm³/mol. The zero-order valence-electron chi connectivity index (χ0n) is 11.8. The lowest BCUT2D eigenvalue weighted by Gasteiger charge is -2.37. The average molecular weight is 289 g/mol. The molecule has 0 radical (unpaired) electrons. The second-order valence-electron chi connectivity index (χ2n) is 6.13. The topological polar surface area (TPSA) is 91.1 Å². The highest BCUT2D eigenvalue weighted by atomic mass is 16.4. The number of nitrogens with one attached hydrogen (secondary N) is 1. The van der Waals surface area contributed by atoms with E-state index in [9.17, 15) is 5.11 Å². The van der Waals surface area contributed by atoms with Crippen LogP contribution in [0.1, 0.15) is 48.9 Å². The number of β-amino-alcohol motifs (C(OH)–C–C–N with tert-alkyl or cyclic N) is 1. The summed E-state index contributed by atoms with van der Waals surface area (Å²) in [6.07, 6.45) is 7.49. The number of piperidine rings is 1. The van der Waals surface area contributed by atoms with E-state index >= 15 is 0 Å². The first-order chi connectivity index (χ1) is 10.2. The van der Waals surface area contributed by atoms with Gasteiger partial charge in [-0.3, -0.25) is 4.90 Å². The summed E-state index contributed by atoms with van der Waals surface area (Å²) in [5.41, 5.74) is -0.324. The highest BCUT2D eigenvalue weighted by Gasteiger charge is 2.37. The van der Waals surface area contributed by atoms with Crippen LogP contribution in [0.4, 0.5) is 0 Å².